The lowest BCUT2D eigenvalue weighted by molar-refractivity contribution is -0.242. The number of carboxylic acids is 1. The van der Waals surface area contributed by atoms with Crippen LogP contribution >= 0.6 is 11.6 Å². The van der Waals surface area contributed by atoms with Gasteiger partial charge in [0, 0.05) is 17.1 Å². The number of hydrogen-bond acceptors (Lipinski definition) is 6. The molecule has 2 N–H and O–H groups in total. The van der Waals surface area contributed by atoms with Crippen molar-refractivity contribution in [3.63, 3.8) is 0 Å². The lowest BCUT2D eigenvalue weighted by Crippen LogP contribution is -2.44. The fourth-order valence-electron chi connectivity index (χ4n) is 3.49. The van der Waals surface area contributed by atoms with Crippen LogP contribution < -0.4 is 14.4 Å². The number of carbonyl (C=O) groups excluding carboxylic acids is 1. The number of aliphatic carboxylic acids is 1. The summed E-state index contributed by atoms with van der Waals surface area (Å²) in [6, 6.07) is 5.32. The number of rotatable bonds is 7. The Morgan fingerprint density at radius 2 is 1.89 bits per heavy atom. The van der Waals surface area contributed by atoms with Crippen molar-refractivity contribution < 1.29 is 50.1 Å². The van der Waals surface area contributed by atoms with Gasteiger partial charge in [0.2, 0.25) is 5.60 Å². The summed E-state index contributed by atoms with van der Waals surface area (Å²) in [5.41, 5.74) is -3.02. The second kappa shape index (κ2) is 10.5. The summed E-state index contributed by atoms with van der Waals surface area (Å²) in [7, 11) is -4.53. The maximum Gasteiger partial charge on any atom is 0.427 e. The molecule has 1 aliphatic rings. The van der Waals surface area contributed by atoms with Crippen molar-refractivity contribution in [2.75, 3.05) is 16.2 Å². The molecular weight excluding hydrogens is 560 g/mol. The van der Waals surface area contributed by atoms with Crippen LogP contribution in [0.25, 0.3) is 0 Å². The van der Waals surface area contributed by atoms with Crippen molar-refractivity contribution in [3.8, 4) is 5.75 Å². The van der Waals surface area contributed by atoms with E-state index in [4.69, 9.17) is 21.4 Å². The molecule has 1 heterocycles. The van der Waals surface area contributed by atoms with E-state index in [1.54, 1.807) is 0 Å². The molecule has 1 amide bonds. The normalized spacial score (nSPS) is 15.9. The average molecular weight is 583 g/mol. The number of benzene rings is 2. The molecule has 0 saturated carbocycles. The molecule has 1 unspecified atom stereocenters. The fourth-order valence-corrected chi connectivity index (χ4v) is 5.52. The zero-order valence-corrected chi connectivity index (χ0v) is 21.8. The monoisotopic (exact) mass is 582 g/mol. The Labute approximate surface area is 220 Å². The molecule has 1 aliphatic heterocycles. The minimum absolute atomic E-state index is 0.0232. The summed E-state index contributed by atoms with van der Waals surface area (Å²) >= 11 is 5.99. The second-order valence-electron chi connectivity index (χ2n) is 8.92. The lowest BCUT2D eigenvalue weighted by Gasteiger charge is -2.36. The quantitative estimate of drug-likeness (QED) is 0.413. The Bertz CT molecular complexity index is 1370. The molecule has 38 heavy (non-hydrogen) atoms. The highest BCUT2D eigenvalue weighted by molar-refractivity contribution is 7.93. The largest absolute Gasteiger partial charge is 0.486 e. The molecule has 0 spiro atoms. The molecule has 0 fully saturated rings. The van der Waals surface area contributed by atoms with Gasteiger partial charge in [-0.2, -0.15) is 13.2 Å². The molecule has 208 valence electrons. The van der Waals surface area contributed by atoms with Gasteiger partial charge in [-0.15, -0.1) is 0 Å². The van der Waals surface area contributed by atoms with E-state index < -0.39 is 50.7 Å². The molecule has 9 nitrogen and oxygen atoms in total. The van der Waals surface area contributed by atoms with Gasteiger partial charge in [-0.25, -0.2) is 17.6 Å². The third kappa shape index (κ3) is 6.23. The average Bonchev–Trinajstić information content (AvgIpc) is 2.78. The van der Waals surface area contributed by atoms with Crippen LogP contribution in [0, 0.1) is 12.7 Å². The first-order chi connectivity index (χ1) is 17.4. The molecule has 2 aromatic rings. The van der Waals surface area contributed by atoms with Crippen LogP contribution in [0.1, 0.15) is 32.3 Å². The number of sulfonamides is 1. The number of hydrogen-bond donors (Lipinski definition) is 2. The zero-order chi connectivity index (χ0) is 28.6. The van der Waals surface area contributed by atoms with Gasteiger partial charge in [0.1, 0.15) is 17.7 Å². The number of ether oxygens (including phenoxy) is 2. The second-order valence-corrected chi connectivity index (χ2v) is 11.2. The number of anilines is 2. The highest BCUT2D eigenvalue weighted by atomic mass is 35.5. The van der Waals surface area contributed by atoms with E-state index in [1.165, 1.54) is 19.1 Å². The molecule has 0 radical (unpaired) electrons. The molecule has 0 aromatic heterocycles. The third-order valence-corrected chi connectivity index (χ3v) is 7.98. The number of nitrogens with one attached hydrogen (secondary N) is 1. The number of amides is 1. The number of halogens is 5. The molecule has 2 aromatic carbocycles. The van der Waals surface area contributed by atoms with E-state index in [1.807, 2.05) is 0 Å². The van der Waals surface area contributed by atoms with Crippen molar-refractivity contribution in [1.29, 1.82) is 0 Å². The number of fused-ring (bicyclic) bond motifs is 1. The van der Waals surface area contributed by atoms with Crippen molar-refractivity contribution in [1.82, 2.24) is 0 Å². The van der Waals surface area contributed by atoms with Gasteiger partial charge in [-0.3, -0.25) is 14.4 Å². The van der Waals surface area contributed by atoms with Crippen molar-refractivity contribution in [2.24, 2.45) is 0 Å². The summed E-state index contributed by atoms with van der Waals surface area (Å²) in [4.78, 5) is 22.7. The smallest absolute Gasteiger partial charge is 0.427 e. The van der Waals surface area contributed by atoms with Crippen molar-refractivity contribution >= 4 is 45.1 Å². The molecule has 0 saturated heterocycles. The van der Waals surface area contributed by atoms with E-state index in [9.17, 15) is 35.6 Å². The Kier molecular flexibility index (Phi) is 8.08. The van der Waals surface area contributed by atoms with Crippen LogP contribution in [0.4, 0.5) is 33.7 Å². The highest BCUT2D eigenvalue weighted by Crippen LogP contribution is 2.41. The van der Waals surface area contributed by atoms with Crippen molar-refractivity contribution in [2.45, 2.75) is 56.4 Å². The van der Waals surface area contributed by atoms with Crippen LogP contribution in [0.5, 0.6) is 5.75 Å². The van der Waals surface area contributed by atoms with Gasteiger partial charge in [0.05, 0.1) is 17.1 Å². The molecule has 3 rings (SSSR count). The Hall–Kier alpha value is -3.26. The summed E-state index contributed by atoms with van der Waals surface area (Å²) < 4.78 is 91.8. The van der Waals surface area contributed by atoms with Gasteiger partial charge in [0.15, 0.2) is 0 Å². The highest BCUT2D eigenvalue weighted by Gasteiger charge is 2.51. The van der Waals surface area contributed by atoms with Gasteiger partial charge >= 0.3 is 18.2 Å². The lowest BCUT2D eigenvalue weighted by atomic mass is 10.1. The van der Waals surface area contributed by atoms with Gasteiger partial charge in [0.25, 0.3) is 10.0 Å². The minimum atomic E-state index is -4.85. The Morgan fingerprint density at radius 1 is 1.24 bits per heavy atom. The minimum Gasteiger partial charge on any atom is -0.486 e. The molecule has 15 heteroatoms. The Balaban J connectivity index is 2.02. The summed E-state index contributed by atoms with van der Waals surface area (Å²) in [6.07, 6.45) is -7.62. The van der Waals surface area contributed by atoms with Crippen LogP contribution in [0.3, 0.4) is 0 Å². The first-order valence-electron chi connectivity index (χ1n) is 11.0. The van der Waals surface area contributed by atoms with E-state index >= 15 is 0 Å². The van der Waals surface area contributed by atoms with E-state index in [-0.39, 0.29) is 47.1 Å². The Morgan fingerprint density at radius 3 is 2.50 bits per heavy atom. The predicted molar refractivity (Wildman–Crippen MR) is 129 cm³/mol. The summed E-state index contributed by atoms with van der Waals surface area (Å²) in [5.74, 6) is -2.08. The topological polar surface area (TPSA) is 122 Å². The first-order valence-corrected chi connectivity index (χ1v) is 12.8. The molecular formula is C23H23ClF4N2O7S. The van der Waals surface area contributed by atoms with Gasteiger partial charge in [-0.05, 0) is 63.1 Å². The van der Waals surface area contributed by atoms with Crippen molar-refractivity contribution in [3.05, 3.63) is 46.7 Å². The molecule has 0 bridgehead atoms. The van der Waals surface area contributed by atoms with Gasteiger partial charge in [-0.1, -0.05) is 11.6 Å². The first kappa shape index (κ1) is 29.3. The van der Waals surface area contributed by atoms with Crippen LogP contribution in [-0.4, -0.2) is 50.0 Å². The number of nitrogens with zero attached hydrogens (tertiary/aromatic N) is 1. The summed E-state index contributed by atoms with van der Waals surface area (Å²) in [6.45, 7) is 2.30. The number of carbonyl (C=O) groups is 2. The summed E-state index contributed by atoms with van der Waals surface area (Å²) in [5, 5.41) is 11.0. The zero-order valence-electron chi connectivity index (χ0n) is 20.2. The van der Waals surface area contributed by atoms with Crippen LogP contribution in [0.15, 0.2) is 35.2 Å². The number of alkyl halides is 3. The van der Waals surface area contributed by atoms with Crippen LogP contribution in [0.2, 0.25) is 5.02 Å². The maximum absolute atomic E-state index is 14.1. The maximum atomic E-state index is 14.1. The SMILES string of the molecule is Cc1c(Cl)cc(F)cc1S(=O)(=O)N1CC(CCC(=O)O)Oc2ccc(NC(=O)OC(C)(C)C(F)(F)F)cc21. The van der Waals surface area contributed by atoms with E-state index in [2.05, 4.69) is 10.1 Å². The standard InChI is InChI=1S/C23H23ClF4N2O7S/c1-12-16(24)8-13(25)9-19(12)38(34,35)30-11-15(5-7-20(31)32)36-18-6-4-14(10-17(18)30)29-21(33)37-22(2,3)23(26,27)28/h4,6,8-10,15H,5,7,11H2,1-3H3,(H,29,33)(H,31,32). The van der Waals surface area contributed by atoms with Gasteiger partial charge < -0.3 is 14.6 Å². The van der Waals surface area contributed by atoms with E-state index in [0.29, 0.717) is 13.8 Å². The molecule has 1 atom stereocenters. The van der Waals surface area contributed by atoms with E-state index in [0.717, 1.165) is 22.5 Å². The van der Waals surface area contributed by atoms with Crippen LogP contribution in [-0.2, 0) is 19.6 Å². The fraction of sp³-hybridized carbons (Fsp3) is 0.391. The molecule has 0 aliphatic carbocycles. The predicted octanol–water partition coefficient (Wildman–Crippen LogP) is 5.50. The number of carboxylic acid groups (broad SMARTS) is 1. The third-order valence-electron chi connectivity index (χ3n) is 5.68.